The fourth-order valence-corrected chi connectivity index (χ4v) is 1.96. The lowest BCUT2D eigenvalue weighted by Gasteiger charge is -2.01. The molecule has 0 unspecified atom stereocenters. The number of halogens is 2. The van der Waals surface area contributed by atoms with Gasteiger partial charge >= 0.3 is 0 Å². The number of carbonyl (C=O) groups excluding carboxylic acids is 2. The zero-order valence-electron chi connectivity index (χ0n) is 10.1. The third-order valence-electron chi connectivity index (χ3n) is 2.59. The van der Waals surface area contributed by atoms with E-state index in [1.807, 2.05) is 0 Å². The second kappa shape index (κ2) is 5.44. The zero-order valence-corrected chi connectivity index (χ0v) is 11.6. The molecule has 0 saturated heterocycles. The summed E-state index contributed by atoms with van der Waals surface area (Å²) in [5, 5.41) is 3.87. The van der Waals surface area contributed by atoms with Crippen molar-refractivity contribution in [1.82, 2.24) is 9.78 Å². The molecule has 1 heterocycles. The lowest BCUT2D eigenvalue weighted by molar-refractivity contribution is 0.0894. The van der Waals surface area contributed by atoms with Gasteiger partial charge in [-0.3, -0.25) is 14.3 Å². The maximum atomic E-state index is 13.1. The molecule has 2 rings (SSSR count). The largest absolute Gasteiger partial charge is 0.294 e. The molecule has 0 N–H and O–H groups in total. The monoisotopic (exact) mass is 324 g/mol. The fraction of sp³-hybridized carbons (Fsp3) is 0.154. The van der Waals surface area contributed by atoms with Gasteiger partial charge < -0.3 is 0 Å². The van der Waals surface area contributed by atoms with Crippen LogP contribution in [-0.2, 0) is 7.05 Å². The van der Waals surface area contributed by atoms with Crippen LogP contribution < -0.4 is 0 Å². The Labute approximate surface area is 117 Å². The average molecular weight is 325 g/mol. The molecule has 0 aliphatic carbocycles. The molecule has 98 valence electrons. The Hall–Kier alpha value is -1.82. The van der Waals surface area contributed by atoms with Gasteiger partial charge in [0.15, 0.2) is 11.6 Å². The van der Waals surface area contributed by atoms with Crippen LogP contribution >= 0.6 is 15.9 Å². The summed E-state index contributed by atoms with van der Waals surface area (Å²) in [6.45, 7) is 0. The van der Waals surface area contributed by atoms with Crippen LogP contribution in [0.2, 0.25) is 0 Å². The number of benzene rings is 1. The van der Waals surface area contributed by atoms with Gasteiger partial charge in [0.25, 0.3) is 0 Å². The lowest BCUT2D eigenvalue weighted by Crippen LogP contribution is -2.08. The maximum absolute atomic E-state index is 13.1. The van der Waals surface area contributed by atoms with E-state index in [0.717, 1.165) is 0 Å². The van der Waals surface area contributed by atoms with Crippen LogP contribution in [0.5, 0.6) is 0 Å². The highest BCUT2D eigenvalue weighted by atomic mass is 79.9. The number of nitrogens with zero attached hydrogens (tertiary/aromatic N) is 2. The molecule has 1 aromatic heterocycles. The van der Waals surface area contributed by atoms with Crippen LogP contribution in [-0.4, -0.2) is 21.3 Å². The van der Waals surface area contributed by atoms with Gasteiger partial charge in [-0.1, -0.05) is 0 Å². The summed E-state index contributed by atoms with van der Waals surface area (Å²) in [6, 6.07) is 3.92. The Bertz CT molecular complexity index is 652. The molecule has 0 fully saturated rings. The first-order valence-corrected chi connectivity index (χ1v) is 6.27. The standard InChI is InChI=1S/C13H10BrFN2O2/c1-17-7-9(6-16-17)13(19)5-12(18)8-2-3-11(15)10(14)4-8/h2-4,6-7H,5H2,1H3. The summed E-state index contributed by atoms with van der Waals surface area (Å²) in [6.07, 6.45) is 2.70. The Balaban J connectivity index is 2.12. The highest BCUT2D eigenvalue weighted by molar-refractivity contribution is 9.10. The van der Waals surface area contributed by atoms with E-state index in [4.69, 9.17) is 0 Å². The second-order valence-electron chi connectivity index (χ2n) is 4.05. The Morgan fingerprint density at radius 3 is 2.58 bits per heavy atom. The van der Waals surface area contributed by atoms with Crippen molar-refractivity contribution >= 4 is 27.5 Å². The summed E-state index contributed by atoms with van der Waals surface area (Å²) in [4.78, 5) is 23.7. The minimum Gasteiger partial charge on any atom is -0.294 e. The van der Waals surface area contributed by atoms with Crippen LogP contribution in [0.25, 0.3) is 0 Å². The number of aromatic nitrogens is 2. The molecule has 0 spiro atoms. The van der Waals surface area contributed by atoms with Crippen molar-refractivity contribution in [3.05, 3.63) is 52.0 Å². The van der Waals surface area contributed by atoms with Crippen LogP contribution in [0.4, 0.5) is 4.39 Å². The minimum absolute atomic E-state index is 0.201. The van der Waals surface area contributed by atoms with E-state index in [-0.39, 0.29) is 22.5 Å². The van der Waals surface area contributed by atoms with E-state index >= 15 is 0 Å². The Morgan fingerprint density at radius 1 is 1.32 bits per heavy atom. The van der Waals surface area contributed by atoms with Crippen LogP contribution in [0.1, 0.15) is 27.1 Å². The predicted octanol–water partition coefficient (Wildman–Crippen LogP) is 2.78. The van der Waals surface area contributed by atoms with Crippen molar-refractivity contribution in [3.8, 4) is 0 Å². The molecule has 2 aromatic rings. The lowest BCUT2D eigenvalue weighted by atomic mass is 10.0. The molecule has 0 amide bonds. The number of Topliss-reactive ketones (excluding diaryl/α,β-unsaturated/α-hetero) is 2. The average Bonchev–Trinajstić information content (AvgIpc) is 2.79. The molecule has 6 heteroatoms. The van der Waals surface area contributed by atoms with E-state index < -0.39 is 5.82 Å². The molecular formula is C13H10BrFN2O2. The van der Waals surface area contributed by atoms with E-state index in [1.165, 1.54) is 29.1 Å². The first-order chi connectivity index (χ1) is 8.97. The van der Waals surface area contributed by atoms with Gasteiger partial charge in [0, 0.05) is 18.8 Å². The van der Waals surface area contributed by atoms with E-state index in [2.05, 4.69) is 21.0 Å². The van der Waals surface area contributed by atoms with Gasteiger partial charge in [0.05, 0.1) is 22.7 Å². The molecule has 0 radical (unpaired) electrons. The number of carbonyl (C=O) groups is 2. The van der Waals surface area contributed by atoms with Crippen molar-refractivity contribution in [1.29, 1.82) is 0 Å². The number of hydrogen-bond acceptors (Lipinski definition) is 3. The van der Waals surface area contributed by atoms with Gasteiger partial charge in [-0.2, -0.15) is 5.10 Å². The van der Waals surface area contributed by atoms with Gasteiger partial charge in [-0.25, -0.2) is 4.39 Å². The summed E-state index contributed by atoms with van der Waals surface area (Å²) >= 11 is 3.00. The molecular weight excluding hydrogens is 315 g/mol. The van der Waals surface area contributed by atoms with Gasteiger partial charge in [0.2, 0.25) is 0 Å². The third kappa shape index (κ3) is 3.14. The molecule has 0 atom stereocenters. The molecule has 0 bridgehead atoms. The maximum Gasteiger partial charge on any atom is 0.173 e. The normalized spacial score (nSPS) is 10.5. The summed E-state index contributed by atoms with van der Waals surface area (Å²) in [5.41, 5.74) is 0.683. The summed E-state index contributed by atoms with van der Waals surface area (Å²) < 4.78 is 14.7. The topological polar surface area (TPSA) is 52.0 Å². The molecule has 0 aliphatic heterocycles. The molecule has 0 aliphatic rings. The quantitative estimate of drug-likeness (QED) is 0.642. The number of ketones is 2. The first-order valence-electron chi connectivity index (χ1n) is 5.47. The summed E-state index contributed by atoms with van der Waals surface area (Å²) in [5.74, 6) is -1.11. The molecule has 0 saturated carbocycles. The van der Waals surface area contributed by atoms with Crippen molar-refractivity contribution < 1.29 is 14.0 Å². The van der Waals surface area contributed by atoms with Gasteiger partial charge in [-0.15, -0.1) is 0 Å². The number of rotatable bonds is 4. The highest BCUT2D eigenvalue weighted by Gasteiger charge is 2.15. The van der Waals surface area contributed by atoms with Crippen LogP contribution in [0.15, 0.2) is 35.1 Å². The molecule has 19 heavy (non-hydrogen) atoms. The van der Waals surface area contributed by atoms with E-state index in [9.17, 15) is 14.0 Å². The van der Waals surface area contributed by atoms with Crippen LogP contribution in [0.3, 0.4) is 0 Å². The van der Waals surface area contributed by atoms with Gasteiger partial charge in [0.1, 0.15) is 5.82 Å². The van der Waals surface area contributed by atoms with E-state index in [0.29, 0.717) is 11.1 Å². The van der Waals surface area contributed by atoms with Crippen molar-refractivity contribution in [2.24, 2.45) is 7.05 Å². The molecule has 1 aromatic carbocycles. The van der Waals surface area contributed by atoms with Crippen LogP contribution in [0, 0.1) is 5.82 Å². The zero-order chi connectivity index (χ0) is 14.0. The second-order valence-corrected chi connectivity index (χ2v) is 4.91. The number of aryl methyl sites for hydroxylation is 1. The first kappa shape index (κ1) is 13.6. The smallest absolute Gasteiger partial charge is 0.173 e. The highest BCUT2D eigenvalue weighted by Crippen LogP contribution is 2.18. The summed E-state index contributed by atoms with van der Waals surface area (Å²) in [7, 11) is 1.69. The van der Waals surface area contributed by atoms with Crippen molar-refractivity contribution in [2.45, 2.75) is 6.42 Å². The van der Waals surface area contributed by atoms with E-state index in [1.54, 1.807) is 13.2 Å². The Morgan fingerprint density at radius 2 is 2.00 bits per heavy atom. The fourth-order valence-electron chi connectivity index (χ4n) is 1.58. The van der Waals surface area contributed by atoms with Crippen molar-refractivity contribution in [3.63, 3.8) is 0 Å². The SMILES string of the molecule is Cn1cc(C(=O)CC(=O)c2ccc(F)c(Br)c2)cn1. The van der Waals surface area contributed by atoms with Gasteiger partial charge in [-0.05, 0) is 34.1 Å². The number of hydrogen-bond donors (Lipinski definition) is 0. The Kier molecular flexibility index (Phi) is 3.90. The third-order valence-corrected chi connectivity index (χ3v) is 3.20. The molecule has 4 nitrogen and oxygen atoms in total. The van der Waals surface area contributed by atoms with Crippen molar-refractivity contribution in [2.75, 3.05) is 0 Å². The minimum atomic E-state index is -0.449. The predicted molar refractivity (Wildman–Crippen MR) is 70.6 cm³/mol.